The molecule has 0 N–H and O–H groups in total. The Morgan fingerprint density at radius 3 is 2.30 bits per heavy atom. The molecule has 0 aromatic heterocycles. The van der Waals surface area contributed by atoms with Gasteiger partial charge in [-0.05, 0) is 29.3 Å². The van der Waals surface area contributed by atoms with Gasteiger partial charge in [0.25, 0.3) is 0 Å². The maximum Gasteiger partial charge on any atom is 0.416 e. The van der Waals surface area contributed by atoms with Crippen LogP contribution in [0.1, 0.15) is 23.1 Å². The molecule has 0 aliphatic carbocycles. The maximum absolute atomic E-state index is 13.2. The summed E-state index contributed by atoms with van der Waals surface area (Å²) < 4.78 is 52.7. The van der Waals surface area contributed by atoms with E-state index >= 15 is 0 Å². The molecule has 0 saturated carbocycles. The minimum atomic E-state index is -4.33. The number of rotatable bonds is 5. The van der Waals surface area contributed by atoms with Crippen LogP contribution in [0.3, 0.4) is 0 Å². The highest BCUT2D eigenvalue weighted by Crippen LogP contribution is 2.32. The smallest absolute Gasteiger partial charge is 0.390 e. The predicted octanol–water partition coefficient (Wildman–Crippen LogP) is 4.16. The molecule has 2 heterocycles. The van der Waals surface area contributed by atoms with Gasteiger partial charge >= 0.3 is 6.18 Å². The van der Waals surface area contributed by atoms with Crippen LogP contribution in [0.25, 0.3) is 0 Å². The van der Waals surface area contributed by atoms with Gasteiger partial charge in [0.15, 0.2) is 0 Å². The van der Waals surface area contributed by atoms with Gasteiger partial charge < -0.3 is 4.84 Å². The summed E-state index contributed by atoms with van der Waals surface area (Å²) in [5.41, 5.74) is 1.42. The summed E-state index contributed by atoms with van der Waals surface area (Å²) in [5, 5.41) is 4.14. The molecule has 4 nitrogen and oxygen atoms in total. The molecule has 1 atom stereocenters. The lowest BCUT2D eigenvalue weighted by molar-refractivity contribution is -0.138. The monoisotopic (exact) mass is 421 g/mol. The van der Waals surface area contributed by atoms with Gasteiger partial charge in [-0.2, -0.15) is 13.2 Å². The van der Waals surface area contributed by atoms with Crippen molar-refractivity contribution in [3.63, 3.8) is 0 Å². The lowest BCUT2D eigenvalue weighted by Crippen LogP contribution is -2.48. The van der Waals surface area contributed by atoms with E-state index in [2.05, 4.69) is 15.0 Å². The lowest BCUT2D eigenvalue weighted by Gasteiger charge is -2.35. The summed E-state index contributed by atoms with van der Waals surface area (Å²) >= 11 is 0. The summed E-state index contributed by atoms with van der Waals surface area (Å²) in [6, 6.07) is 12.0. The van der Waals surface area contributed by atoms with Gasteiger partial charge in [-0.1, -0.05) is 35.5 Å². The highest BCUT2D eigenvalue weighted by Gasteiger charge is 2.33. The highest BCUT2D eigenvalue weighted by molar-refractivity contribution is 6.01. The molecule has 30 heavy (non-hydrogen) atoms. The SMILES string of the molecule is Fc1ccc(C2=NOC(CN3CCN(Cc4ccccc4C(F)(F)F)CC3)C2)cc1. The predicted molar refractivity (Wildman–Crippen MR) is 106 cm³/mol. The van der Waals surface area contributed by atoms with E-state index in [1.807, 2.05) is 0 Å². The Kier molecular flexibility index (Phi) is 6.06. The maximum atomic E-state index is 13.2. The summed E-state index contributed by atoms with van der Waals surface area (Å²) in [4.78, 5) is 9.85. The highest BCUT2D eigenvalue weighted by atomic mass is 19.4. The molecule has 2 aliphatic rings. The van der Waals surface area contributed by atoms with Crippen molar-refractivity contribution in [1.82, 2.24) is 9.80 Å². The second-order valence-corrected chi connectivity index (χ2v) is 7.71. The van der Waals surface area contributed by atoms with Crippen molar-refractivity contribution < 1.29 is 22.4 Å². The fourth-order valence-electron chi connectivity index (χ4n) is 3.93. The van der Waals surface area contributed by atoms with E-state index in [9.17, 15) is 17.6 Å². The van der Waals surface area contributed by atoms with E-state index in [0.29, 0.717) is 38.2 Å². The second kappa shape index (κ2) is 8.73. The Morgan fingerprint density at radius 2 is 1.60 bits per heavy atom. The van der Waals surface area contributed by atoms with Gasteiger partial charge in [0.05, 0.1) is 11.3 Å². The summed E-state index contributed by atoms with van der Waals surface area (Å²) in [6.45, 7) is 3.93. The Labute approximate surface area is 172 Å². The van der Waals surface area contributed by atoms with Gasteiger partial charge in [0.1, 0.15) is 11.9 Å². The van der Waals surface area contributed by atoms with Crippen LogP contribution in [-0.4, -0.2) is 54.3 Å². The number of hydrogen-bond donors (Lipinski definition) is 0. The summed E-state index contributed by atoms with van der Waals surface area (Å²) in [5.74, 6) is -0.287. The van der Waals surface area contributed by atoms with Crippen LogP contribution in [0.5, 0.6) is 0 Å². The third kappa shape index (κ3) is 4.99. The van der Waals surface area contributed by atoms with Gasteiger partial charge in [-0.25, -0.2) is 4.39 Å². The molecule has 0 radical (unpaired) electrons. The third-order valence-electron chi connectivity index (χ3n) is 5.55. The van der Waals surface area contributed by atoms with Crippen LogP contribution in [0.15, 0.2) is 53.7 Å². The Hall–Kier alpha value is -2.45. The van der Waals surface area contributed by atoms with E-state index in [1.54, 1.807) is 24.3 Å². The Bertz CT molecular complexity index is 890. The summed E-state index contributed by atoms with van der Waals surface area (Å²) in [7, 11) is 0. The fourth-order valence-corrected chi connectivity index (χ4v) is 3.93. The van der Waals surface area contributed by atoms with Crippen molar-refractivity contribution >= 4 is 5.71 Å². The molecule has 2 aromatic carbocycles. The normalized spacial score (nSPS) is 20.8. The van der Waals surface area contributed by atoms with Crippen LogP contribution in [0.4, 0.5) is 17.6 Å². The average Bonchev–Trinajstić information content (AvgIpc) is 3.18. The number of benzene rings is 2. The van der Waals surface area contributed by atoms with E-state index in [-0.39, 0.29) is 11.9 Å². The minimum Gasteiger partial charge on any atom is -0.390 e. The number of piperazine rings is 1. The molecule has 160 valence electrons. The first kappa shape index (κ1) is 20.8. The Morgan fingerprint density at radius 1 is 0.933 bits per heavy atom. The number of hydrogen-bond acceptors (Lipinski definition) is 4. The van der Waals surface area contributed by atoms with Crippen LogP contribution < -0.4 is 0 Å². The van der Waals surface area contributed by atoms with Crippen LogP contribution in [0, 0.1) is 5.82 Å². The van der Waals surface area contributed by atoms with Crippen LogP contribution >= 0.6 is 0 Å². The number of halogens is 4. The zero-order valence-corrected chi connectivity index (χ0v) is 16.4. The fraction of sp³-hybridized carbons (Fsp3) is 0.409. The standard InChI is InChI=1S/C22H23F4N3O/c23-18-7-5-16(6-8-18)21-13-19(30-27-21)15-29-11-9-28(10-12-29)14-17-3-1-2-4-20(17)22(24,25)26/h1-8,19H,9-15H2. The van der Waals surface area contributed by atoms with Gasteiger partial charge in [-0.3, -0.25) is 9.80 Å². The molecule has 1 unspecified atom stereocenters. The molecular weight excluding hydrogens is 398 g/mol. The number of oxime groups is 1. The molecular formula is C22H23F4N3O. The van der Waals surface area contributed by atoms with Gasteiger partial charge in [0.2, 0.25) is 0 Å². The van der Waals surface area contributed by atoms with Crippen molar-refractivity contribution in [3.8, 4) is 0 Å². The minimum absolute atomic E-state index is 0.0671. The van der Waals surface area contributed by atoms with E-state index in [4.69, 9.17) is 4.84 Å². The van der Waals surface area contributed by atoms with Gasteiger partial charge in [0, 0.05) is 45.7 Å². The second-order valence-electron chi connectivity index (χ2n) is 7.71. The molecule has 2 aliphatic heterocycles. The molecule has 0 bridgehead atoms. The first-order valence-corrected chi connectivity index (χ1v) is 9.97. The molecule has 1 fully saturated rings. The molecule has 0 spiro atoms. The van der Waals surface area contributed by atoms with Gasteiger partial charge in [-0.15, -0.1) is 0 Å². The van der Waals surface area contributed by atoms with E-state index in [0.717, 1.165) is 30.4 Å². The first-order valence-electron chi connectivity index (χ1n) is 9.97. The molecule has 0 amide bonds. The van der Waals surface area contributed by atoms with Crippen LogP contribution in [-0.2, 0) is 17.6 Å². The van der Waals surface area contributed by atoms with Crippen molar-refractivity contribution in [3.05, 3.63) is 71.0 Å². The zero-order valence-electron chi connectivity index (χ0n) is 16.4. The van der Waals surface area contributed by atoms with Crippen LogP contribution in [0.2, 0.25) is 0 Å². The number of nitrogens with zero attached hydrogens (tertiary/aromatic N) is 3. The van der Waals surface area contributed by atoms with Crippen molar-refractivity contribution in [2.45, 2.75) is 25.2 Å². The third-order valence-corrected chi connectivity index (χ3v) is 5.55. The van der Waals surface area contributed by atoms with Crippen molar-refractivity contribution in [1.29, 1.82) is 0 Å². The van der Waals surface area contributed by atoms with E-state index < -0.39 is 11.7 Å². The first-order chi connectivity index (χ1) is 14.4. The van der Waals surface area contributed by atoms with Crippen molar-refractivity contribution in [2.75, 3.05) is 32.7 Å². The molecule has 1 saturated heterocycles. The summed E-state index contributed by atoms with van der Waals surface area (Å²) in [6.07, 6.45) is -3.74. The number of alkyl halides is 3. The molecule has 8 heteroatoms. The quantitative estimate of drug-likeness (QED) is 0.679. The van der Waals surface area contributed by atoms with E-state index in [1.165, 1.54) is 18.2 Å². The molecule has 4 rings (SSSR count). The zero-order chi connectivity index (χ0) is 21.1. The molecule has 2 aromatic rings. The average molecular weight is 421 g/mol. The lowest BCUT2D eigenvalue weighted by atomic mass is 10.0. The Balaban J connectivity index is 1.26. The topological polar surface area (TPSA) is 28.1 Å². The largest absolute Gasteiger partial charge is 0.416 e. The van der Waals surface area contributed by atoms with Crippen molar-refractivity contribution in [2.24, 2.45) is 5.16 Å².